The van der Waals surface area contributed by atoms with Gasteiger partial charge < -0.3 is 15.1 Å². The summed E-state index contributed by atoms with van der Waals surface area (Å²) in [6, 6.07) is 11.2. The van der Waals surface area contributed by atoms with Gasteiger partial charge in [0.1, 0.15) is 6.07 Å². The number of nitrogens with one attached hydrogen (secondary N) is 1. The highest BCUT2D eigenvalue weighted by molar-refractivity contribution is 5.95. The zero-order valence-electron chi connectivity index (χ0n) is 13.6. The van der Waals surface area contributed by atoms with Crippen LogP contribution in [0.1, 0.15) is 15.9 Å². The predicted molar refractivity (Wildman–Crippen MR) is 92.1 cm³/mol. The number of carbonyl (C=O) groups excluding carboxylic acids is 1. The molecule has 2 aromatic rings. The fourth-order valence-electron chi connectivity index (χ4n) is 2.66. The third kappa shape index (κ3) is 3.53. The Kier molecular flexibility index (Phi) is 4.73. The summed E-state index contributed by atoms with van der Waals surface area (Å²) < 4.78 is 0. The smallest absolute Gasteiger partial charge is 0.255 e. The van der Waals surface area contributed by atoms with Crippen LogP contribution < -0.4 is 5.32 Å². The van der Waals surface area contributed by atoms with E-state index >= 15 is 0 Å². The molecule has 3 rings (SSSR count). The fourth-order valence-corrected chi connectivity index (χ4v) is 2.66. The molecule has 1 saturated heterocycles. The van der Waals surface area contributed by atoms with E-state index in [1.165, 1.54) is 0 Å². The molecule has 1 aromatic carbocycles. The van der Waals surface area contributed by atoms with Crippen molar-refractivity contribution in [1.29, 1.82) is 5.26 Å². The zero-order valence-corrected chi connectivity index (χ0v) is 13.6. The monoisotopic (exact) mass is 321 g/mol. The van der Waals surface area contributed by atoms with E-state index in [1.54, 1.807) is 24.5 Å². The van der Waals surface area contributed by atoms with Gasteiger partial charge in [0.2, 0.25) is 0 Å². The lowest BCUT2D eigenvalue weighted by molar-refractivity contribution is 0.0663. The third-order valence-corrected chi connectivity index (χ3v) is 4.10. The van der Waals surface area contributed by atoms with Crippen LogP contribution in [0.3, 0.4) is 0 Å². The Balaban J connectivity index is 1.77. The van der Waals surface area contributed by atoms with E-state index in [-0.39, 0.29) is 5.91 Å². The van der Waals surface area contributed by atoms with Gasteiger partial charge in [-0.15, -0.1) is 0 Å². The summed E-state index contributed by atoms with van der Waals surface area (Å²) in [6.45, 7) is 3.22. The molecule has 0 spiro atoms. The van der Waals surface area contributed by atoms with Crippen LogP contribution in [0.15, 0.2) is 42.7 Å². The van der Waals surface area contributed by atoms with Gasteiger partial charge in [-0.3, -0.25) is 9.78 Å². The van der Waals surface area contributed by atoms with E-state index in [1.807, 2.05) is 23.1 Å². The average Bonchev–Trinajstić information content (AvgIpc) is 2.62. The maximum absolute atomic E-state index is 12.6. The molecule has 24 heavy (non-hydrogen) atoms. The standard InChI is InChI=1S/C18H19N5O/c1-22-6-8-23(9-7-22)18(24)15-10-16(13-20-12-15)21-17-5-3-2-4-14(17)11-19/h2-5,10,12-13,21H,6-9H2,1H3. The maximum Gasteiger partial charge on any atom is 0.255 e. The van der Waals surface area contributed by atoms with Crippen LogP contribution in [-0.2, 0) is 0 Å². The highest BCUT2D eigenvalue weighted by atomic mass is 16.2. The number of para-hydroxylation sites is 1. The third-order valence-electron chi connectivity index (χ3n) is 4.10. The van der Waals surface area contributed by atoms with Gasteiger partial charge in [0.15, 0.2) is 0 Å². The van der Waals surface area contributed by atoms with Gasteiger partial charge in [-0.2, -0.15) is 5.26 Å². The van der Waals surface area contributed by atoms with Crippen molar-refractivity contribution in [2.45, 2.75) is 0 Å². The van der Waals surface area contributed by atoms with Crippen LogP contribution in [-0.4, -0.2) is 53.9 Å². The van der Waals surface area contributed by atoms with E-state index in [4.69, 9.17) is 5.26 Å². The number of nitriles is 1. The second kappa shape index (κ2) is 7.11. The fraction of sp³-hybridized carbons (Fsp3) is 0.278. The molecule has 1 amide bonds. The predicted octanol–water partition coefficient (Wildman–Crippen LogP) is 2.08. The van der Waals surface area contributed by atoms with Crippen molar-refractivity contribution < 1.29 is 4.79 Å². The number of carbonyl (C=O) groups is 1. The molecule has 0 aliphatic carbocycles. The van der Waals surface area contributed by atoms with Crippen LogP contribution in [0.4, 0.5) is 11.4 Å². The number of nitrogens with zero attached hydrogens (tertiary/aromatic N) is 4. The van der Waals surface area contributed by atoms with Crippen molar-refractivity contribution in [3.8, 4) is 6.07 Å². The number of rotatable bonds is 3. The van der Waals surface area contributed by atoms with E-state index < -0.39 is 0 Å². The SMILES string of the molecule is CN1CCN(C(=O)c2cncc(Nc3ccccc3C#N)c2)CC1. The van der Waals surface area contributed by atoms with Crippen molar-refractivity contribution in [1.82, 2.24) is 14.8 Å². The first-order valence-corrected chi connectivity index (χ1v) is 7.86. The summed E-state index contributed by atoms with van der Waals surface area (Å²) in [5.74, 6) is -0.00665. The van der Waals surface area contributed by atoms with Crippen LogP contribution >= 0.6 is 0 Å². The molecular weight excluding hydrogens is 302 g/mol. The molecule has 1 aliphatic rings. The Morgan fingerprint density at radius 1 is 1.21 bits per heavy atom. The molecule has 1 fully saturated rings. The largest absolute Gasteiger partial charge is 0.353 e. The molecular formula is C18H19N5O. The molecule has 0 atom stereocenters. The first kappa shape index (κ1) is 16.0. The van der Waals surface area contributed by atoms with Crippen molar-refractivity contribution in [3.05, 3.63) is 53.9 Å². The Morgan fingerprint density at radius 3 is 2.71 bits per heavy atom. The van der Waals surface area contributed by atoms with E-state index in [9.17, 15) is 4.79 Å². The number of aromatic nitrogens is 1. The molecule has 6 heteroatoms. The van der Waals surface area contributed by atoms with Gasteiger partial charge in [0, 0.05) is 32.4 Å². The highest BCUT2D eigenvalue weighted by Gasteiger charge is 2.20. The minimum Gasteiger partial charge on any atom is -0.353 e. The van der Waals surface area contributed by atoms with E-state index in [0.717, 1.165) is 26.2 Å². The number of hydrogen-bond acceptors (Lipinski definition) is 5. The second-order valence-electron chi connectivity index (χ2n) is 5.84. The lowest BCUT2D eigenvalue weighted by atomic mass is 10.1. The minimum absolute atomic E-state index is 0.00665. The van der Waals surface area contributed by atoms with Crippen molar-refractivity contribution in [3.63, 3.8) is 0 Å². The van der Waals surface area contributed by atoms with Crippen LogP contribution in [0.2, 0.25) is 0 Å². The van der Waals surface area contributed by atoms with Crippen molar-refractivity contribution >= 4 is 17.3 Å². The van der Waals surface area contributed by atoms with Crippen molar-refractivity contribution in [2.75, 3.05) is 38.5 Å². The lowest BCUT2D eigenvalue weighted by Gasteiger charge is -2.32. The zero-order chi connectivity index (χ0) is 16.9. The number of pyridine rings is 1. The van der Waals surface area contributed by atoms with E-state index in [0.29, 0.717) is 22.5 Å². The molecule has 2 heterocycles. The molecule has 6 nitrogen and oxygen atoms in total. The number of hydrogen-bond donors (Lipinski definition) is 1. The number of anilines is 2. The molecule has 1 aliphatic heterocycles. The average molecular weight is 321 g/mol. The quantitative estimate of drug-likeness (QED) is 0.937. The van der Waals surface area contributed by atoms with Gasteiger partial charge in [0.05, 0.1) is 28.7 Å². The molecule has 1 N–H and O–H groups in total. The summed E-state index contributed by atoms with van der Waals surface area (Å²) in [5.41, 5.74) is 2.50. The highest BCUT2D eigenvalue weighted by Crippen LogP contribution is 2.21. The van der Waals surface area contributed by atoms with Gasteiger partial charge in [-0.05, 0) is 25.2 Å². The first-order valence-electron chi connectivity index (χ1n) is 7.86. The maximum atomic E-state index is 12.6. The minimum atomic E-state index is -0.00665. The first-order chi connectivity index (χ1) is 11.7. The molecule has 0 unspecified atom stereocenters. The van der Waals surface area contributed by atoms with E-state index in [2.05, 4.69) is 28.3 Å². The molecule has 122 valence electrons. The molecule has 0 saturated carbocycles. The summed E-state index contributed by atoms with van der Waals surface area (Å²) in [6.07, 6.45) is 3.23. The summed E-state index contributed by atoms with van der Waals surface area (Å²) in [7, 11) is 2.06. The second-order valence-corrected chi connectivity index (χ2v) is 5.84. The van der Waals surface area contributed by atoms with Crippen LogP contribution in [0.25, 0.3) is 0 Å². The normalized spacial score (nSPS) is 14.9. The Morgan fingerprint density at radius 2 is 1.96 bits per heavy atom. The summed E-state index contributed by atoms with van der Waals surface area (Å²) >= 11 is 0. The number of piperazine rings is 1. The number of benzene rings is 1. The number of amides is 1. The number of likely N-dealkylation sites (N-methyl/N-ethyl adjacent to an activating group) is 1. The lowest BCUT2D eigenvalue weighted by Crippen LogP contribution is -2.47. The Labute approximate surface area is 141 Å². The summed E-state index contributed by atoms with van der Waals surface area (Å²) in [4.78, 5) is 20.8. The van der Waals surface area contributed by atoms with Gasteiger partial charge in [-0.1, -0.05) is 12.1 Å². The molecule has 1 aromatic heterocycles. The van der Waals surface area contributed by atoms with Crippen LogP contribution in [0, 0.1) is 11.3 Å². The van der Waals surface area contributed by atoms with Gasteiger partial charge >= 0.3 is 0 Å². The van der Waals surface area contributed by atoms with Gasteiger partial charge in [-0.25, -0.2) is 0 Å². The molecule has 0 bridgehead atoms. The topological polar surface area (TPSA) is 72.3 Å². The van der Waals surface area contributed by atoms with Crippen LogP contribution in [0.5, 0.6) is 0 Å². The Bertz CT molecular complexity index is 775. The van der Waals surface area contributed by atoms with Gasteiger partial charge in [0.25, 0.3) is 5.91 Å². The van der Waals surface area contributed by atoms with Crippen molar-refractivity contribution in [2.24, 2.45) is 0 Å². The molecule has 0 radical (unpaired) electrons. The summed E-state index contributed by atoms with van der Waals surface area (Å²) in [5, 5.41) is 12.3. The Hall–Kier alpha value is -2.91.